The van der Waals surface area contributed by atoms with E-state index in [4.69, 9.17) is 0 Å². The van der Waals surface area contributed by atoms with Crippen LogP contribution in [0.5, 0.6) is 0 Å². The maximum Gasteiger partial charge on any atom is 0.294 e. The second kappa shape index (κ2) is 2.21. The molecule has 0 aromatic heterocycles. The Morgan fingerprint density at radius 1 is 2.00 bits per heavy atom. The van der Waals surface area contributed by atoms with Crippen molar-refractivity contribution in [3.63, 3.8) is 0 Å². The molecule has 46 valence electrons. The van der Waals surface area contributed by atoms with Crippen molar-refractivity contribution in [2.45, 2.75) is 5.25 Å². The van der Waals surface area contributed by atoms with Crippen LogP contribution in [0.1, 0.15) is 0 Å². The number of nitrogens with zero attached hydrogens (tertiary/aromatic N) is 1. The Morgan fingerprint density at radius 3 is 3.00 bits per heavy atom. The van der Waals surface area contributed by atoms with Crippen LogP contribution >= 0.6 is 11.8 Å². The molecule has 1 fully saturated rings. The van der Waals surface area contributed by atoms with E-state index in [0.29, 0.717) is 5.25 Å². The van der Waals surface area contributed by atoms with E-state index in [1.165, 1.54) is 0 Å². The van der Waals surface area contributed by atoms with Crippen LogP contribution in [0.4, 0.5) is 0 Å². The van der Waals surface area contributed by atoms with Gasteiger partial charge in [-0.25, -0.2) is 0 Å². The van der Waals surface area contributed by atoms with Gasteiger partial charge in [-0.2, -0.15) is 11.8 Å². The van der Waals surface area contributed by atoms with Crippen LogP contribution < -0.4 is 0 Å². The van der Waals surface area contributed by atoms with E-state index in [0.717, 1.165) is 5.75 Å². The Kier molecular flexibility index (Phi) is 1.57. The predicted molar refractivity (Wildman–Crippen MR) is 29.2 cm³/mol. The number of hydrogen-bond acceptors (Lipinski definition) is 4. The Bertz CT molecular complexity index is 103. The van der Waals surface area contributed by atoms with E-state index < -0.39 is 5.09 Å². The number of rotatable bonds is 3. The van der Waals surface area contributed by atoms with Crippen molar-refractivity contribution in [3.8, 4) is 0 Å². The highest BCUT2D eigenvalue weighted by Crippen LogP contribution is 2.29. The molecule has 1 atom stereocenters. The van der Waals surface area contributed by atoms with Crippen LogP contribution in [0.15, 0.2) is 0 Å². The van der Waals surface area contributed by atoms with Gasteiger partial charge in [-0.3, -0.25) is 0 Å². The van der Waals surface area contributed by atoms with Crippen molar-refractivity contribution in [2.75, 3.05) is 12.4 Å². The molecule has 0 radical (unpaired) electrons. The van der Waals surface area contributed by atoms with Crippen molar-refractivity contribution in [1.82, 2.24) is 0 Å². The van der Waals surface area contributed by atoms with Gasteiger partial charge in [0.2, 0.25) is 0 Å². The van der Waals surface area contributed by atoms with E-state index in [1.54, 1.807) is 11.8 Å². The standard InChI is InChI=1S/C3H5NO3S/c5-4(6)7-1-3-2-8-3/h3H,1-2H2. The smallest absolute Gasteiger partial charge is 0.294 e. The molecule has 1 saturated heterocycles. The Labute approximate surface area is 50.3 Å². The molecule has 0 amide bonds. The zero-order chi connectivity index (χ0) is 5.98. The molecule has 0 N–H and O–H groups in total. The third kappa shape index (κ3) is 2.02. The third-order valence-electron chi connectivity index (χ3n) is 0.768. The van der Waals surface area contributed by atoms with Crippen molar-refractivity contribution in [3.05, 3.63) is 10.1 Å². The molecule has 0 saturated carbocycles. The highest BCUT2D eigenvalue weighted by molar-refractivity contribution is 8.06. The van der Waals surface area contributed by atoms with Crippen LogP contribution in [0, 0.1) is 10.1 Å². The van der Waals surface area contributed by atoms with Crippen molar-refractivity contribution >= 4 is 11.8 Å². The average Bonchev–Trinajstić information content (AvgIpc) is 2.41. The fourth-order valence-electron chi connectivity index (χ4n) is 0.308. The summed E-state index contributed by atoms with van der Waals surface area (Å²) in [5.74, 6) is 1.01. The first-order chi connectivity index (χ1) is 3.79. The molecule has 0 aromatic rings. The zero-order valence-electron chi connectivity index (χ0n) is 4.07. The van der Waals surface area contributed by atoms with Gasteiger partial charge in [0.25, 0.3) is 5.09 Å². The minimum absolute atomic E-state index is 0.262. The van der Waals surface area contributed by atoms with Crippen molar-refractivity contribution < 1.29 is 9.92 Å². The summed E-state index contributed by atoms with van der Waals surface area (Å²) in [4.78, 5) is 13.6. The molecule has 0 aromatic carbocycles. The van der Waals surface area contributed by atoms with Gasteiger partial charge in [0.05, 0.1) is 0 Å². The largest absolute Gasteiger partial charge is 0.313 e. The first kappa shape index (κ1) is 5.68. The fraction of sp³-hybridized carbons (Fsp3) is 1.00. The monoisotopic (exact) mass is 135 g/mol. The van der Waals surface area contributed by atoms with Gasteiger partial charge >= 0.3 is 0 Å². The fourth-order valence-corrected chi connectivity index (χ4v) is 0.698. The molecular formula is C3H5NO3S. The molecule has 8 heavy (non-hydrogen) atoms. The Morgan fingerprint density at radius 2 is 2.62 bits per heavy atom. The molecule has 0 bridgehead atoms. The quantitative estimate of drug-likeness (QED) is 0.317. The maximum atomic E-state index is 9.51. The molecule has 5 heteroatoms. The first-order valence-electron chi connectivity index (χ1n) is 2.18. The summed E-state index contributed by atoms with van der Waals surface area (Å²) in [7, 11) is 0. The Balaban J connectivity index is 1.95. The molecule has 1 rings (SSSR count). The van der Waals surface area contributed by atoms with Gasteiger partial charge in [0, 0.05) is 11.0 Å². The molecule has 4 nitrogen and oxygen atoms in total. The predicted octanol–water partition coefficient (Wildman–Crippen LogP) is 0.310. The highest BCUT2D eigenvalue weighted by Gasteiger charge is 2.23. The van der Waals surface area contributed by atoms with Crippen LogP contribution in [0.3, 0.4) is 0 Å². The van der Waals surface area contributed by atoms with Gasteiger partial charge in [-0.05, 0) is 0 Å². The van der Waals surface area contributed by atoms with E-state index in [9.17, 15) is 10.1 Å². The number of thioether (sulfide) groups is 1. The summed E-state index contributed by atoms with van der Waals surface area (Å²) in [6, 6.07) is 0. The SMILES string of the molecule is O=[N+]([O-])OCC1CS1. The van der Waals surface area contributed by atoms with E-state index in [-0.39, 0.29) is 6.61 Å². The summed E-state index contributed by atoms with van der Waals surface area (Å²) >= 11 is 1.68. The molecule has 1 unspecified atom stereocenters. The average molecular weight is 135 g/mol. The van der Waals surface area contributed by atoms with Crippen molar-refractivity contribution in [1.29, 1.82) is 0 Å². The minimum Gasteiger partial charge on any atom is -0.313 e. The second-order valence-corrected chi connectivity index (χ2v) is 2.81. The first-order valence-corrected chi connectivity index (χ1v) is 3.23. The molecular weight excluding hydrogens is 130 g/mol. The third-order valence-corrected chi connectivity index (χ3v) is 1.71. The van der Waals surface area contributed by atoms with E-state index in [2.05, 4.69) is 4.84 Å². The summed E-state index contributed by atoms with van der Waals surface area (Å²) in [6.07, 6.45) is 0. The topological polar surface area (TPSA) is 52.4 Å². The molecule has 1 aliphatic heterocycles. The molecule has 0 spiro atoms. The Hall–Kier alpha value is -0.450. The van der Waals surface area contributed by atoms with Crippen LogP contribution in [0.25, 0.3) is 0 Å². The summed E-state index contributed by atoms with van der Waals surface area (Å²) in [5.41, 5.74) is 0. The van der Waals surface area contributed by atoms with Gasteiger partial charge < -0.3 is 4.84 Å². The van der Waals surface area contributed by atoms with Gasteiger partial charge in [-0.1, -0.05) is 0 Å². The lowest BCUT2D eigenvalue weighted by Crippen LogP contribution is -2.05. The molecule has 1 heterocycles. The van der Waals surface area contributed by atoms with Gasteiger partial charge in [-0.15, -0.1) is 10.1 Å². The molecule has 0 aliphatic carbocycles. The normalized spacial score (nSPS) is 24.8. The summed E-state index contributed by atoms with van der Waals surface area (Å²) in [5, 5.41) is 9.14. The van der Waals surface area contributed by atoms with Crippen molar-refractivity contribution in [2.24, 2.45) is 0 Å². The summed E-state index contributed by atoms with van der Waals surface area (Å²) < 4.78 is 0. The number of hydrogen-bond donors (Lipinski definition) is 0. The lowest BCUT2D eigenvalue weighted by atomic mass is 10.5. The highest BCUT2D eigenvalue weighted by atomic mass is 32.2. The molecule has 1 aliphatic rings. The van der Waals surface area contributed by atoms with E-state index in [1.807, 2.05) is 0 Å². The van der Waals surface area contributed by atoms with Gasteiger partial charge in [0.1, 0.15) is 6.61 Å². The van der Waals surface area contributed by atoms with Crippen LogP contribution in [0.2, 0.25) is 0 Å². The van der Waals surface area contributed by atoms with Crippen LogP contribution in [-0.4, -0.2) is 22.7 Å². The zero-order valence-corrected chi connectivity index (χ0v) is 4.89. The van der Waals surface area contributed by atoms with Crippen LogP contribution in [-0.2, 0) is 4.84 Å². The lowest BCUT2D eigenvalue weighted by molar-refractivity contribution is -0.757. The minimum atomic E-state index is -0.751. The van der Waals surface area contributed by atoms with E-state index >= 15 is 0 Å². The van der Waals surface area contributed by atoms with Gasteiger partial charge in [0.15, 0.2) is 0 Å². The summed E-state index contributed by atoms with van der Waals surface area (Å²) in [6.45, 7) is 0.262. The second-order valence-electron chi connectivity index (χ2n) is 1.47. The maximum absolute atomic E-state index is 9.51. The lowest BCUT2D eigenvalue weighted by Gasteiger charge is -1.89.